The number of hydrogen-bond acceptors (Lipinski definition) is 5. The van der Waals surface area contributed by atoms with E-state index in [1.165, 1.54) is 0 Å². The van der Waals surface area contributed by atoms with E-state index in [2.05, 4.69) is 4.98 Å². The molecule has 26 heavy (non-hydrogen) atoms. The normalized spacial score (nSPS) is 19.1. The Bertz CT molecular complexity index is 814. The quantitative estimate of drug-likeness (QED) is 0.825. The number of likely N-dealkylation sites (tertiary alicyclic amines) is 1. The predicted octanol–water partition coefficient (Wildman–Crippen LogP) is 3.19. The van der Waals surface area contributed by atoms with Gasteiger partial charge < -0.3 is 19.1 Å². The Morgan fingerprint density at radius 1 is 1.27 bits per heavy atom. The fourth-order valence-electron chi connectivity index (χ4n) is 3.27. The number of rotatable bonds is 3. The van der Waals surface area contributed by atoms with Crippen LogP contribution >= 0.6 is 11.6 Å². The van der Waals surface area contributed by atoms with Crippen molar-refractivity contribution in [3.05, 3.63) is 47.2 Å². The van der Waals surface area contributed by atoms with Gasteiger partial charge in [-0.1, -0.05) is 17.7 Å². The SMILES string of the molecule is O=C(c1cccc2c1OCCO2)N1CCC[C@@H](Oc2ccncc2Cl)C1. The first kappa shape index (κ1) is 17.0. The molecule has 6 nitrogen and oxygen atoms in total. The van der Waals surface area contributed by atoms with Crippen LogP contribution in [0.3, 0.4) is 0 Å². The van der Waals surface area contributed by atoms with Crippen LogP contribution in [0.2, 0.25) is 5.02 Å². The number of halogens is 1. The van der Waals surface area contributed by atoms with Crippen molar-refractivity contribution in [3.63, 3.8) is 0 Å². The van der Waals surface area contributed by atoms with Crippen molar-refractivity contribution in [3.8, 4) is 17.2 Å². The number of ether oxygens (including phenoxy) is 3. The lowest BCUT2D eigenvalue weighted by atomic mass is 10.1. The molecule has 2 aliphatic rings. The predicted molar refractivity (Wildman–Crippen MR) is 96.2 cm³/mol. The van der Waals surface area contributed by atoms with Crippen molar-refractivity contribution in [2.45, 2.75) is 18.9 Å². The van der Waals surface area contributed by atoms with Gasteiger partial charge >= 0.3 is 0 Å². The highest BCUT2D eigenvalue weighted by molar-refractivity contribution is 6.31. The number of benzene rings is 1. The van der Waals surface area contributed by atoms with E-state index in [1.807, 2.05) is 12.1 Å². The van der Waals surface area contributed by atoms with Gasteiger partial charge in [0.25, 0.3) is 5.91 Å². The van der Waals surface area contributed by atoms with E-state index in [4.69, 9.17) is 25.8 Å². The number of para-hydroxylation sites is 1. The second-order valence-electron chi connectivity index (χ2n) is 6.27. The lowest BCUT2D eigenvalue weighted by Gasteiger charge is -2.33. The number of piperidine rings is 1. The standard InChI is InChI=1S/C19H19ClN2O4/c20-15-11-21-7-6-16(15)26-13-3-2-8-22(12-13)19(23)14-4-1-5-17-18(14)25-10-9-24-17/h1,4-7,11,13H,2-3,8-10,12H2/t13-/m1/s1. The van der Waals surface area contributed by atoms with E-state index in [0.717, 1.165) is 12.8 Å². The molecule has 1 atom stereocenters. The summed E-state index contributed by atoms with van der Waals surface area (Å²) < 4.78 is 17.2. The van der Waals surface area contributed by atoms with Crippen LogP contribution in [0, 0.1) is 0 Å². The maximum atomic E-state index is 13.0. The molecule has 1 fully saturated rings. The Hall–Kier alpha value is -2.47. The molecule has 0 N–H and O–H groups in total. The second-order valence-corrected chi connectivity index (χ2v) is 6.68. The van der Waals surface area contributed by atoms with Crippen LogP contribution in [0.1, 0.15) is 23.2 Å². The Morgan fingerprint density at radius 2 is 2.15 bits per heavy atom. The average Bonchev–Trinajstić information content (AvgIpc) is 2.69. The van der Waals surface area contributed by atoms with E-state index < -0.39 is 0 Å². The van der Waals surface area contributed by atoms with Crippen LogP contribution in [0.15, 0.2) is 36.7 Å². The van der Waals surface area contributed by atoms with Crippen molar-refractivity contribution in [1.82, 2.24) is 9.88 Å². The van der Waals surface area contributed by atoms with Crippen molar-refractivity contribution in [2.24, 2.45) is 0 Å². The molecule has 7 heteroatoms. The van der Waals surface area contributed by atoms with Gasteiger partial charge in [0.15, 0.2) is 11.5 Å². The van der Waals surface area contributed by atoms with Crippen LogP contribution in [0.5, 0.6) is 17.2 Å². The summed E-state index contributed by atoms with van der Waals surface area (Å²) >= 11 is 6.12. The Labute approximate surface area is 156 Å². The number of fused-ring (bicyclic) bond motifs is 1. The Morgan fingerprint density at radius 3 is 3.04 bits per heavy atom. The molecule has 1 aromatic heterocycles. The van der Waals surface area contributed by atoms with E-state index in [1.54, 1.807) is 29.4 Å². The Kier molecular flexibility index (Phi) is 4.84. The molecule has 0 radical (unpaired) electrons. The summed E-state index contributed by atoms with van der Waals surface area (Å²) in [6.45, 7) is 2.13. The number of amides is 1. The second kappa shape index (κ2) is 7.41. The first-order valence-electron chi connectivity index (χ1n) is 8.66. The van der Waals surface area contributed by atoms with Crippen LogP contribution in [-0.2, 0) is 0 Å². The number of hydrogen-bond donors (Lipinski definition) is 0. The topological polar surface area (TPSA) is 60.9 Å². The van der Waals surface area contributed by atoms with Gasteiger partial charge in [-0.25, -0.2) is 0 Å². The Balaban J connectivity index is 1.50. The third kappa shape index (κ3) is 3.42. The minimum absolute atomic E-state index is 0.0681. The molecule has 1 amide bonds. The molecule has 0 unspecified atom stereocenters. The first-order valence-corrected chi connectivity index (χ1v) is 9.04. The highest BCUT2D eigenvalue weighted by Gasteiger charge is 2.29. The molecule has 2 aliphatic heterocycles. The maximum absolute atomic E-state index is 13.0. The van der Waals surface area contributed by atoms with E-state index >= 15 is 0 Å². The molecule has 4 rings (SSSR count). The van der Waals surface area contributed by atoms with Gasteiger partial charge in [-0.2, -0.15) is 0 Å². The third-order valence-electron chi connectivity index (χ3n) is 4.49. The molecular formula is C19H19ClN2O4. The average molecular weight is 375 g/mol. The largest absolute Gasteiger partial charge is 0.487 e. The summed E-state index contributed by atoms with van der Waals surface area (Å²) in [5.41, 5.74) is 0.532. The van der Waals surface area contributed by atoms with Crippen LogP contribution in [-0.4, -0.2) is 48.2 Å². The number of nitrogens with zero attached hydrogens (tertiary/aromatic N) is 2. The molecule has 3 heterocycles. The summed E-state index contributed by atoms with van der Waals surface area (Å²) in [5, 5.41) is 0.471. The van der Waals surface area contributed by atoms with Crippen LogP contribution in [0.4, 0.5) is 0 Å². The zero-order valence-corrected chi connectivity index (χ0v) is 14.9. The monoisotopic (exact) mass is 374 g/mol. The third-order valence-corrected chi connectivity index (χ3v) is 4.77. The smallest absolute Gasteiger partial charge is 0.257 e. The van der Waals surface area contributed by atoms with Gasteiger partial charge in [0.05, 0.1) is 12.1 Å². The summed E-state index contributed by atoms with van der Waals surface area (Å²) in [4.78, 5) is 18.8. The van der Waals surface area contributed by atoms with Gasteiger partial charge in [-0.05, 0) is 25.0 Å². The van der Waals surface area contributed by atoms with Crippen molar-refractivity contribution in [2.75, 3.05) is 26.3 Å². The fourth-order valence-corrected chi connectivity index (χ4v) is 3.43. The molecule has 0 bridgehead atoms. The summed E-state index contributed by atoms with van der Waals surface area (Å²) in [6, 6.07) is 7.15. The van der Waals surface area contributed by atoms with E-state index in [0.29, 0.717) is 54.1 Å². The minimum Gasteiger partial charge on any atom is -0.487 e. The lowest BCUT2D eigenvalue weighted by Crippen LogP contribution is -2.44. The van der Waals surface area contributed by atoms with E-state index in [-0.39, 0.29) is 12.0 Å². The summed E-state index contributed by atoms with van der Waals surface area (Å²) in [6.07, 6.45) is 4.82. The summed E-state index contributed by atoms with van der Waals surface area (Å²) in [5.74, 6) is 1.68. The molecule has 136 valence electrons. The highest BCUT2D eigenvalue weighted by Crippen LogP contribution is 2.35. The zero-order valence-electron chi connectivity index (χ0n) is 14.2. The highest BCUT2D eigenvalue weighted by atomic mass is 35.5. The molecule has 0 saturated carbocycles. The molecule has 1 aromatic carbocycles. The first-order chi connectivity index (χ1) is 12.7. The van der Waals surface area contributed by atoms with Crippen molar-refractivity contribution < 1.29 is 19.0 Å². The van der Waals surface area contributed by atoms with Crippen molar-refractivity contribution in [1.29, 1.82) is 0 Å². The van der Waals surface area contributed by atoms with Crippen LogP contribution in [0.25, 0.3) is 0 Å². The van der Waals surface area contributed by atoms with E-state index in [9.17, 15) is 4.79 Å². The van der Waals surface area contributed by atoms with Gasteiger partial charge in [0.1, 0.15) is 30.1 Å². The molecule has 0 aliphatic carbocycles. The molecular weight excluding hydrogens is 356 g/mol. The van der Waals surface area contributed by atoms with Gasteiger partial charge in [-0.3, -0.25) is 9.78 Å². The molecule has 2 aromatic rings. The number of carbonyl (C=O) groups excluding carboxylic acids is 1. The molecule has 0 spiro atoms. The van der Waals surface area contributed by atoms with Gasteiger partial charge in [0.2, 0.25) is 0 Å². The lowest BCUT2D eigenvalue weighted by molar-refractivity contribution is 0.0530. The number of carbonyl (C=O) groups is 1. The maximum Gasteiger partial charge on any atom is 0.257 e. The molecule has 1 saturated heterocycles. The fraction of sp³-hybridized carbons (Fsp3) is 0.368. The van der Waals surface area contributed by atoms with Gasteiger partial charge in [0, 0.05) is 25.0 Å². The van der Waals surface area contributed by atoms with Crippen LogP contribution < -0.4 is 14.2 Å². The minimum atomic E-state index is -0.107. The zero-order chi connectivity index (χ0) is 17.9. The summed E-state index contributed by atoms with van der Waals surface area (Å²) in [7, 11) is 0. The number of aromatic nitrogens is 1. The number of pyridine rings is 1. The van der Waals surface area contributed by atoms with Crippen molar-refractivity contribution >= 4 is 17.5 Å². The van der Waals surface area contributed by atoms with Gasteiger partial charge in [-0.15, -0.1) is 0 Å².